The zero-order chi connectivity index (χ0) is 14.2. The number of rotatable bonds is 5. The molecule has 1 aromatic heterocycles. The normalized spacial score (nSPS) is 12.1. The van der Waals surface area contributed by atoms with Gasteiger partial charge in [0.25, 0.3) is 0 Å². The minimum atomic E-state index is -0.421. The van der Waals surface area contributed by atoms with Gasteiger partial charge in [-0.2, -0.15) is 0 Å². The van der Waals surface area contributed by atoms with Crippen molar-refractivity contribution in [3.63, 3.8) is 0 Å². The molecule has 0 amide bonds. The summed E-state index contributed by atoms with van der Waals surface area (Å²) < 4.78 is 10.4. The summed E-state index contributed by atoms with van der Waals surface area (Å²) in [6, 6.07) is 15.0. The minimum Gasteiger partial charge on any atom is -0.466 e. The first kappa shape index (κ1) is 13.8. The lowest BCUT2D eigenvalue weighted by molar-refractivity contribution is -0.134. The molecule has 102 valence electrons. The predicted molar refractivity (Wildman–Crippen MR) is 75.2 cm³/mol. The van der Waals surface area contributed by atoms with Gasteiger partial charge in [-0.05, 0) is 17.7 Å². The Morgan fingerprint density at radius 3 is 2.55 bits per heavy atom. The van der Waals surface area contributed by atoms with Crippen LogP contribution in [-0.4, -0.2) is 18.1 Å². The lowest BCUT2D eigenvalue weighted by Crippen LogP contribution is -2.07. The summed E-state index contributed by atoms with van der Waals surface area (Å²) in [5, 5.41) is 0. The van der Waals surface area contributed by atoms with Crippen molar-refractivity contribution >= 4 is 5.97 Å². The highest BCUT2D eigenvalue weighted by Crippen LogP contribution is 2.21. The lowest BCUT2D eigenvalue weighted by atomic mass is 10.1. The van der Waals surface area contributed by atoms with Crippen LogP contribution in [0.25, 0.3) is 0 Å². The summed E-state index contributed by atoms with van der Waals surface area (Å²) in [6.07, 6.45) is 4.25. The molecule has 0 aliphatic rings. The summed E-state index contributed by atoms with van der Waals surface area (Å²) in [5.74, 6) is 0.0754. The number of benzene rings is 1. The molecule has 2 rings (SSSR count). The van der Waals surface area contributed by atoms with Crippen LogP contribution in [0.1, 0.15) is 11.7 Å². The van der Waals surface area contributed by atoms with Crippen molar-refractivity contribution in [2.45, 2.75) is 6.10 Å². The molecule has 4 nitrogen and oxygen atoms in total. The molecule has 1 unspecified atom stereocenters. The van der Waals surface area contributed by atoms with Crippen LogP contribution in [0.4, 0.5) is 0 Å². The Morgan fingerprint density at radius 1 is 1.15 bits per heavy atom. The van der Waals surface area contributed by atoms with E-state index in [-0.39, 0.29) is 0 Å². The van der Waals surface area contributed by atoms with E-state index in [4.69, 9.17) is 4.74 Å². The first-order chi connectivity index (χ1) is 9.79. The molecule has 1 heterocycles. The van der Waals surface area contributed by atoms with Gasteiger partial charge in [0.15, 0.2) is 0 Å². The van der Waals surface area contributed by atoms with E-state index in [1.54, 1.807) is 18.3 Å². The van der Waals surface area contributed by atoms with Crippen LogP contribution < -0.4 is 4.74 Å². The van der Waals surface area contributed by atoms with E-state index in [1.807, 2.05) is 42.5 Å². The van der Waals surface area contributed by atoms with Crippen molar-refractivity contribution in [3.05, 3.63) is 72.4 Å². The van der Waals surface area contributed by atoms with Gasteiger partial charge in [-0.1, -0.05) is 36.4 Å². The van der Waals surface area contributed by atoms with Crippen LogP contribution in [0.15, 0.2) is 66.9 Å². The van der Waals surface area contributed by atoms with Crippen molar-refractivity contribution in [2.24, 2.45) is 0 Å². The number of pyridine rings is 1. The number of hydrogen-bond donors (Lipinski definition) is 0. The molecule has 0 aliphatic carbocycles. The van der Waals surface area contributed by atoms with Gasteiger partial charge in [-0.3, -0.25) is 0 Å². The van der Waals surface area contributed by atoms with Crippen molar-refractivity contribution in [1.82, 2.24) is 4.98 Å². The van der Waals surface area contributed by atoms with Gasteiger partial charge in [-0.15, -0.1) is 0 Å². The zero-order valence-corrected chi connectivity index (χ0v) is 11.1. The third-order valence-corrected chi connectivity index (χ3v) is 2.62. The van der Waals surface area contributed by atoms with E-state index in [0.29, 0.717) is 5.88 Å². The van der Waals surface area contributed by atoms with Crippen LogP contribution in [0, 0.1) is 0 Å². The number of ether oxygens (including phenoxy) is 2. The van der Waals surface area contributed by atoms with E-state index in [2.05, 4.69) is 9.72 Å². The van der Waals surface area contributed by atoms with Gasteiger partial charge in [-0.25, -0.2) is 9.78 Å². The Hall–Kier alpha value is -2.62. The second-order valence-corrected chi connectivity index (χ2v) is 4.00. The number of methoxy groups -OCH3 is 1. The maximum Gasteiger partial charge on any atom is 0.330 e. The van der Waals surface area contributed by atoms with Gasteiger partial charge in [0.1, 0.15) is 6.10 Å². The fourth-order valence-electron chi connectivity index (χ4n) is 1.64. The molecular weight excluding hydrogens is 254 g/mol. The molecular formula is C16H15NO3. The maximum atomic E-state index is 11.2. The molecule has 0 aliphatic heterocycles. The smallest absolute Gasteiger partial charge is 0.330 e. The Labute approximate surface area is 117 Å². The standard InChI is InChI=1S/C16H15NO3/c1-19-16(18)11-10-14(13-7-3-2-4-8-13)20-15-9-5-6-12-17-15/h2-12,14H,1H3/b11-10+. The van der Waals surface area contributed by atoms with Crippen LogP contribution in [-0.2, 0) is 9.53 Å². The number of aromatic nitrogens is 1. The Morgan fingerprint density at radius 2 is 1.90 bits per heavy atom. The maximum absolute atomic E-state index is 11.2. The minimum absolute atomic E-state index is 0.398. The molecule has 4 heteroatoms. The predicted octanol–water partition coefficient (Wildman–Crippen LogP) is 2.93. The van der Waals surface area contributed by atoms with E-state index >= 15 is 0 Å². The van der Waals surface area contributed by atoms with Crippen molar-refractivity contribution in [1.29, 1.82) is 0 Å². The molecule has 20 heavy (non-hydrogen) atoms. The second-order valence-electron chi connectivity index (χ2n) is 4.00. The molecule has 0 saturated carbocycles. The average molecular weight is 269 g/mol. The average Bonchev–Trinajstić information content (AvgIpc) is 2.53. The number of hydrogen-bond acceptors (Lipinski definition) is 4. The fourth-order valence-corrected chi connectivity index (χ4v) is 1.64. The van der Waals surface area contributed by atoms with Crippen LogP contribution >= 0.6 is 0 Å². The highest BCUT2D eigenvalue weighted by atomic mass is 16.5. The topological polar surface area (TPSA) is 48.4 Å². The molecule has 0 radical (unpaired) electrons. The second kappa shape index (κ2) is 7.09. The molecule has 0 spiro atoms. The van der Waals surface area contributed by atoms with Crippen LogP contribution in [0.3, 0.4) is 0 Å². The number of nitrogens with zero attached hydrogens (tertiary/aromatic N) is 1. The van der Waals surface area contributed by atoms with Gasteiger partial charge in [0.2, 0.25) is 5.88 Å². The zero-order valence-electron chi connectivity index (χ0n) is 11.1. The Balaban J connectivity index is 2.20. The van der Waals surface area contributed by atoms with Gasteiger partial charge in [0, 0.05) is 18.3 Å². The first-order valence-corrected chi connectivity index (χ1v) is 6.18. The number of carbonyl (C=O) groups is 1. The quantitative estimate of drug-likeness (QED) is 0.618. The number of carbonyl (C=O) groups excluding carboxylic acids is 1. The molecule has 1 atom stereocenters. The molecule has 0 bridgehead atoms. The summed E-state index contributed by atoms with van der Waals surface area (Å²) in [5.41, 5.74) is 0.929. The molecule has 2 aromatic rings. The summed E-state index contributed by atoms with van der Waals surface area (Å²) in [6.45, 7) is 0. The molecule has 0 fully saturated rings. The third-order valence-electron chi connectivity index (χ3n) is 2.62. The van der Waals surface area contributed by atoms with Gasteiger partial charge >= 0.3 is 5.97 Å². The van der Waals surface area contributed by atoms with E-state index in [9.17, 15) is 4.79 Å². The largest absolute Gasteiger partial charge is 0.466 e. The summed E-state index contributed by atoms with van der Waals surface area (Å²) in [4.78, 5) is 15.3. The van der Waals surface area contributed by atoms with Crippen molar-refractivity contribution in [2.75, 3.05) is 7.11 Å². The Bertz CT molecular complexity index is 567. The summed E-state index contributed by atoms with van der Waals surface area (Å²) >= 11 is 0. The highest BCUT2D eigenvalue weighted by molar-refractivity contribution is 5.81. The molecule has 0 N–H and O–H groups in total. The fraction of sp³-hybridized carbons (Fsp3) is 0.125. The number of esters is 1. The van der Waals surface area contributed by atoms with Crippen LogP contribution in [0.2, 0.25) is 0 Å². The Kier molecular flexibility index (Phi) is 4.89. The lowest BCUT2D eigenvalue weighted by Gasteiger charge is -2.15. The van der Waals surface area contributed by atoms with E-state index in [1.165, 1.54) is 13.2 Å². The molecule has 0 saturated heterocycles. The van der Waals surface area contributed by atoms with Gasteiger partial charge < -0.3 is 9.47 Å². The highest BCUT2D eigenvalue weighted by Gasteiger charge is 2.10. The third kappa shape index (κ3) is 3.95. The van der Waals surface area contributed by atoms with Gasteiger partial charge in [0.05, 0.1) is 7.11 Å². The van der Waals surface area contributed by atoms with E-state index in [0.717, 1.165) is 5.56 Å². The van der Waals surface area contributed by atoms with Crippen LogP contribution in [0.5, 0.6) is 5.88 Å². The van der Waals surface area contributed by atoms with Crippen molar-refractivity contribution in [3.8, 4) is 5.88 Å². The first-order valence-electron chi connectivity index (χ1n) is 6.18. The molecule has 1 aromatic carbocycles. The summed E-state index contributed by atoms with van der Waals surface area (Å²) in [7, 11) is 1.34. The monoisotopic (exact) mass is 269 g/mol. The van der Waals surface area contributed by atoms with E-state index < -0.39 is 12.1 Å². The van der Waals surface area contributed by atoms with Crippen molar-refractivity contribution < 1.29 is 14.3 Å². The SMILES string of the molecule is COC(=O)/C=C/C(Oc1ccccn1)c1ccccc1.